The molecule has 1 aliphatic rings. The van der Waals surface area contributed by atoms with Gasteiger partial charge >= 0.3 is 6.18 Å². The van der Waals surface area contributed by atoms with Crippen molar-refractivity contribution in [1.82, 2.24) is 0 Å². The lowest BCUT2D eigenvalue weighted by atomic mass is 10.1. The van der Waals surface area contributed by atoms with E-state index in [2.05, 4.69) is 5.32 Å². The Morgan fingerprint density at radius 3 is 2.48 bits per heavy atom. The third-order valence-electron chi connectivity index (χ3n) is 4.11. The average Bonchev–Trinajstić information content (AvgIpc) is 2.78. The van der Waals surface area contributed by atoms with E-state index in [1.165, 1.54) is 23.9 Å². The fourth-order valence-electron chi connectivity index (χ4n) is 2.90. The van der Waals surface area contributed by atoms with Gasteiger partial charge in [-0.3, -0.25) is 14.5 Å². The predicted octanol–water partition coefficient (Wildman–Crippen LogP) is 4.23. The second-order valence-electron chi connectivity index (χ2n) is 6.07. The Bertz CT molecular complexity index is 827. The minimum absolute atomic E-state index is 0.0657. The summed E-state index contributed by atoms with van der Waals surface area (Å²) < 4.78 is 40.8. The van der Waals surface area contributed by atoms with E-state index in [1.54, 1.807) is 12.1 Å². The summed E-state index contributed by atoms with van der Waals surface area (Å²) in [6.07, 6.45) is -5.54. The Morgan fingerprint density at radius 2 is 1.78 bits per heavy atom. The van der Waals surface area contributed by atoms with Crippen LogP contribution < -0.4 is 10.2 Å². The molecule has 1 heterocycles. The van der Waals surface area contributed by atoms with Crippen molar-refractivity contribution < 1.29 is 22.8 Å². The van der Waals surface area contributed by atoms with E-state index in [1.807, 2.05) is 30.3 Å². The highest BCUT2D eigenvalue weighted by Crippen LogP contribution is 2.38. The summed E-state index contributed by atoms with van der Waals surface area (Å²) in [5.41, 5.74) is 1.25. The molecule has 0 fully saturated rings. The van der Waals surface area contributed by atoms with E-state index in [0.717, 1.165) is 5.56 Å². The lowest BCUT2D eigenvalue weighted by molar-refractivity contribution is -0.157. The Kier molecular flexibility index (Phi) is 5.74. The molecule has 0 saturated heterocycles. The molecule has 1 N–H and O–H groups in total. The smallest absolute Gasteiger partial charge is 0.324 e. The van der Waals surface area contributed by atoms with E-state index < -0.39 is 30.5 Å². The molecule has 3 rings (SSSR count). The Labute approximate surface area is 158 Å². The molecule has 2 aromatic carbocycles. The molecular formula is C19H17F3N2O2S. The quantitative estimate of drug-likeness (QED) is 0.845. The maximum atomic E-state index is 13.6. The van der Waals surface area contributed by atoms with Gasteiger partial charge in [-0.25, -0.2) is 0 Å². The second-order valence-corrected chi connectivity index (χ2v) is 7.05. The molecule has 142 valence electrons. The number of fused-ring (bicyclic) bond motifs is 1. The van der Waals surface area contributed by atoms with Gasteiger partial charge in [-0.1, -0.05) is 42.5 Å². The van der Waals surface area contributed by atoms with Crippen LogP contribution in [0.15, 0.2) is 54.6 Å². The SMILES string of the molecule is O=C1CC(C(F)(F)F)N(C(=O)CSCc2ccccc2)c2ccccc2N1. The number of para-hydroxylation sites is 2. The first-order chi connectivity index (χ1) is 12.9. The molecule has 0 bridgehead atoms. The van der Waals surface area contributed by atoms with Crippen molar-refractivity contribution in [3.05, 3.63) is 60.2 Å². The van der Waals surface area contributed by atoms with E-state index >= 15 is 0 Å². The molecule has 0 radical (unpaired) electrons. The highest BCUT2D eigenvalue weighted by atomic mass is 32.2. The van der Waals surface area contributed by atoms with Crippen LogP contribution in [0.25, 0.3) is 0 Å². The zero-order valence-corrected chi connectivity index (χ0v) is 15.0. The number of hydrogen-bond donors (Lipinski definition) is 1. The highest BCUT2D eigenvalue weighted by Gasteiger charge is 2.48. The molecule has 4 nitrogen and oxygen atoms in total. The molecule has 8 heteroatoms. The zero-order valence-electron chi connectivity index (χ0n) is 14.2. The Morgan fingerprint density at radius 1 is 1.11 bits per heavy atom. The van der Waals surface area contributed by atoms with E-state index in [-0.39, 0.29) is 17.1 Å². The number of amides is 2. The third-order valence-corrected chi connectivity index (χ3v) is 5.10. The van der Waals surface area contributed by atoms with Crippen LogP contribution in [0.5, 0.6) is 0 Å². The van der Waals surface area contributed by atoms with Gasteiger partial charge in [0.05, 0.1) is 23.5 Å². The predicted molar refractivity (Wildman–Crippen MR) is 99.6 cm³/mol. The van der Waals surface area contributed by atoms with E-state index in [4.69, 9.17) is 0 Å². The number of nitrogens with one attached hydrogen (secondary N) is 1. The topological polar surface area (TPSA) is 49.4 Å². The summed E-state index contributed by atoms with van der Waals surface area (Å²) in [6, 6.07) is 13.2. The molecule has 1 aliphatic heterocycles. The first-order valence-corrected chi connectivity index (χ1v) is 9.41. The summed E-state index contributed by atoms with van der Waals surface area (Å²) in [6.45, 7) is 0. The van der Waals surface area contributed by atoms with Crippen molar-refractivity contribution in [2.45, 2.75) is 24.4 Å². The Balaban J connectivity index is 1.84. The molecule has 0 saturated carbocycles. The summed E-state index contributed by atoms with van der Waals surface area (Å²) in [4.78, 5) is 25.4. The van der Waals surface area contributed by atoms with Crippen molar-refractivity contribution in [2.75, 3.05) is 16.0 Å². The largest absolute Gasteiger partial charge is 0.409 e. The highest BCUT2D eigenvalue weighted by molar-refractivity contribution is 7.99. The lowest BCUT2D eigenvalue weighted by Gasteiger charge is -2.31. The number of carbonyl (C=O) groups is 2. The number of thioether (sulfide) groups is 1. The fraction of sp³-hybridized carbons (Fsp3) is 0.263. The molecule has 1 atom stereocenters. The van der Waals surface area contributed by atoms with Crippen molar-refractivity contribution in [3.8, 4) is 0 Å². The number of anilines is 2. The first kappa shape index (κ1) is 19.3. The summed E-state index contributed by atoms with van der Waals surface area (Å²) in [7, 11) is 0. The van der Waals surface area contributed by atoms with Crippen molar-refractivity contribution in [1.29, 1.82) is 0 Å². The van der Waals surface area contributed by atoms with Gasteiger partial charge in [0.1, 0.15) is 6.04 Å². The van der Waals surface area contributed by atoms with Crippen LogP contribution in [0.4, 0.5) is 24.5 Å². The van der Waals surface area contributed by atoms with Crippen molar-refractivity contribution >= 4 is 35.0 Å². The van der Waals surface area contributed by atoms with Crippen LogP contribution in [0.1, 0.15) is 12.0 Å². The van der Waals surface area contributed by atoms with E-state index in [9.17, 15) is 22.8 Å². The van der Waals surface area contributed by atoms with Crippen LogP contribution in [-0.4, -0.2) is 29.8 Å². The minimum Gasteiger partial charge on any atom is -0.324 e. The molecule has 2 aromatic rings. The number of benzene rings is 2. The lowest BCUT2D eigenvalue weighted by Crippen LogP contribution is -2.50. The molecular weight excluding hydrogens is 377 g/mol. The van der Waals surface area contributed by atoms with Gasteiger partial charge in [0.15, 0.2) is 0 Å². The molecule has 27 heavy (non-hydrogen) atoms. The van der Waals surface area contributed by atoms with Gasteiger partial charge in [-0.05, 0) is 17.7 Å². The maximum absolute atomic E-state index is 13.6. The van der Waals surface area contributed by atoms with E-state index in [0.29, 0.717) is 10.7 Å². The maximum Gasteiger partial charge on any atom is 0.409 e. The number of hydrogen-bond acceptors (Lipinski definition) is 3. The van der Waals surface area contributed by atoms with Crippen molar-refractivity contribution in [2.24, 2.45) is 0 Å². The number of halogens is 3. The number of rotatable bonds is 4. The summed E-state index contributed by atoms with van der Waals surface area (Å²) >= 11 is 1.24. The monoisotopic (exact) mass is 394 g/mol. The summed E-state index contributed by atoms with van der Waals surface area (Å²) in [5.74, 6) is -1.06. The van der Waals surface area contributed by atoms with Crippen LogP contribution >= 0.6 is 11.8 Å². The fourth-order valence-corrected chi connectivity index (χ4v) is 3.74. The van der Waals surface area contributed by atoms with Gasteiger partial charge in [0.25, 0.3) is 0 Å². The summed E-state index contributed by atoms with van der Waals surface area (Å²) in [5, 5.41) is 2.45. The van der Waals surface area contributed by atoms with Crippen LogP contribution in [0.2, 0.25) is 0 Å². The van der Waals surface area contributed by atoms with Gasteiger partial charge in [-0.15, -0.1) is 11.8 Å². The minimum atomic E-state index is -4.71. The first-order valence-electron chi connectivity index (χ1n) is 8.25. The van der Waals surface area contributed by atoms with Gasteiger partial charge in [0.2, 0.25) is 11.8 Å². The average molecular weight is 394 g/mol. The molecule has 0 spiro atoms. The number of alkyl halides is 3. The third kappa shape index (κ3) is 4.63. The van der Waals surface area contributed by atoms with Crippen LogP contribution in [0, 0.1) is 0 Å². The number of nitrogens with zero attached hydrogens (tertiary/aromatic N) is 1. The van der Waals surface area contributed by atoms with Gasteiger partial charge in [0, 0.05) is 5.75 Å². The normalized spacial score (nSPS) is 17.1. The Hall–Kier alpha value is -2.48. The number of carbonyl (C=O) groups excluding carboxylic acids is 2. The molecule has 2 amide bonds. The zero-order chi connectivity index (χ0) is 19.4. The van der Waals surface area contributed by atoms with Gasteiger partial charge in [-0.2, -0.15) is 13.2 Å². The molecule has 1 unspecified atom stereocenters. The molecule has 0 aliphatic carbocycles. The second kappa shape index (κ2) is 8.04. The van der Waals surface area contributed by atoms with Crippen molar-refractivity contribution in [3.63, 3.8) is 0 Å². The van der Waals surface area contributed by atoms with Gasteiger partial charge < -0.3 is 5.32 Å². The molecule has 0 aromatic heterocycles. The standard InChI is InChI=1S/C19H17F3N2O2S/c20-19(21,22)16-10-17(25)23-14-8-4-5-9-15(14)24(16)18(26)12-27-11-13-6-2-1-3-7-13/h1-9,16H,10-12H2,(H,23,25). The van der Waals surface area contributed by atoms with Crippen LogP contribution in [-0.2, 0) is 15.3 Å². The van der Waals surface area contributed by atoms with Crippen LogP contribution in [0.3, 0.4) is 0 Å².